The summed E-state index contributed by atoms with van der Waals surface area (Å²) < 4.78 is 5.13. The van der Waals surface area contributed by atoms with Crippen LogP contribution >= 0.6 is 11.3 Å². The number of ether oxygens (including phenoxy) is 1. The molecule has 28 heavy (non-hydrogen) atoms. The van der Waals surface area contributed by atoms with E-state index >= 15 is 0 Å². The lowest BCUT2D eigenvalue weighted by atomic mass is 10.1. The summed E-state index contributed by atoms with van der Waals surface area (Å²) in [6.07, 6.45) is 3.93. The van der Waals surface area contributed by atoms with Gasteiger partial charge in [-0.2, -0.15) is 0 Å². The molecule has 1 aliphatic carbocycles. The molecule has 148 valence electrons. The predicted molar refractivity (Wildman–Crippen MR) is 109 cm³/mol. The summed E-state index contributed by atoms with van der Waals surface area (Å²) in [7, 11) is 1.52. The Balaban J connectivity index is 1.47. The third-order valence-corrected chi connectivity index (χ3v) is 5.97. The van der Waals surface area contributed by atoms with Gasteiger partial charge in [0, 0.05) is 17.6 Å². The Kier molecular flexibility index (Phi) is 6.46. The fraction of sp³-hybridized carbons (Fsp3) is 0.381. The van der Waals surface area contributed by atoms with Crippen LogP contribution in [0.2, 0.25) is 0 Å². The Morgan fingerprint density at radius 3 is 2.75 bits per heavy atom. The number of hydrogen-bond donors (Lipinski definition) is 1. The molecule has 1 aromatic carbocycles. The monoisotopic (exact) mass is 400 g/mol. The number of carbonyl (C=O) groups is 3. The minimum Gasteiger partial charge on any atom is -0.451 e. The highest BCUT2D eigenvalue weighted by atomic mass is 32.1. The number of amides is 2. The second-order valence-electron chi connectivity index (χ2n) is 6.80. The van der Waals surface area contributed by atoms with E-state index in [1.807, 2.05) is 37.3 Å². The lowest BCUT2D eigenvalue weighted by Gasteiger charge is -2.17. The van der Waals surface area contributed by atoms with E-state index in [0.29, 0.717) is 4.88 Å². The Morgan fingerprint density at radius 1 is 1.21 bits per heavy atom. The SMILES string of the molecule is CCc1ccccc1NC(=O)CN(C)C(=O)COC(=O)c1cc2c(s1)CCC2. The van der Waals surface area contributed by atoms with Crippen molar-refractivity contribution in [1.29, 1.82) is 0 Å². The van der Waals surface area contributed by atoms with Gasteiger partial charge in [0.2, 0.25) is 5.91 Å². The van der Waals surface area contributed by atoms with Gasteiger partial charge in [-0.25, -0.2) is 4.79 Å². The van der Waals surface area contributed by atoms with Gasteiger partial charge in [0.1, 0.15) is 4.88 Å². The van der Waals surface area contributed by atoms with Crippen molar-refractivity contribution in [3.8, 4) is 0 Å². The highest BCUT2D eigenvalue weighted by molar-refractivity contribution is 7.14. The summed E-state index contributed by atoms with van der Waals surface area (Å²) in [6, 6.07) is 9.41. The number of aryl methyl sites for hydroxylation is 3. The lowest BCUT2D eigenvalue weighted by Crippen LogP contribution is -2.37. The molecule has 1 N–H and O–H groups in total. The van der Waals surface area contributed by atoms with Crippen LogP contribution in [-0.4, -0.2) is 42.9 Å². The molecule has 6 nitrogen and oxygen atoms in total. The van der Waals surface area contributed by atoms with Crippen molar-refractivity contribution in [3.05, 3.63) is 51.2 Å². The number of rotatable bonds is 7. The number of likely N-dealkylation sites (N-methyl/N-ethyl adjacent to an activating group) is 1. The molecule has 1 aliphatic rings. The number of thiophene rings is 1. The Morgan fingerprint density at radius 2 is 2.00 bits per heavy atom. The van der Waals surface area contributed by atoms with Gasteiger partial charge in [-0.05, 0) is 48.9 Å². The maximum absolute atomic E-state index is 12.2. The minimum atomic E-state index is -0.484. The first-order chi connectivity index (χ1) is 13.5. The summed E-state index contributed by atoms with van der Waals surface area (Å²) in [4.78, 5) is 39.6. The van der Waals surface area contributed by atoms with Gasteiger partial charge < -0.3 is 15.0 Å². The number of para-hydroxylation sites is 1. The zero-order chi connectivity index (χ0) is 20.1. The molecule has 0 fully saturated rings. The van der Waals surface area contributed by atoms with Crippen LogP contribution in [0.5, 0.6) is 0 Å². The van der Waals surface area contributed by atoms with Crippen molar-refractivity contribution < 1.29 is 19.1 Å². The van der Waals surface area contributed by atoms with E-state index in [-0.39, 0.29) is 19.1 Å². The van der Waals surface area contributed by atoms with Crippen molar-refractivity contribution in [2.45, 2.75) is 32.6 Å². The molecule has 2 amide bonds. The molecule has 1 heterocycles. The van der Waals surface area contributed by atoms with E-state index in [0.717, 1.165) is 36.9 Å². The van der Waals surface area contributed by atoms with Gasteiger partial charge in [0.15, 0.2) is 6.61 Å². The van der Waals surface area contributed by atoms with Crippen LogP contribution in [0.3, 0.4) is 0 Å². The van der Waals surface area contributed by atoms with Gasteiger partial charge in [-0.3, -0.25) is 9.59 Å². The van der Waals surface area contributed by atoms with E-state index < -0.39 is 11.9 Å². The number of anilines is 1. The first-order valence-corrected chi connectivity index (χ1v) is 10.2. The van der Waals surface area contributed by atoms with Crippen LogP contribution in [0, 0.1) is 0 Å². The van der Waals surface area contributed by atoms with Crippen LogP contribution in [0.1, 0.15) is 39.0 Å². The second kappa shape index (κ2) is 9.01. The highest BCUT2D eigenvalue weighted by Gasteiger charge is 2.21. The van der Waals surface area contributed by atoms with Gasteiger partial charge in [0.05, 0.1) is 6.54 Å². The largest absolute Gasteiger partial charge is 0.451 e. The second-order valence-corrected chi connectivity index (χ2v) is 7.93. The molecule has 0 aliphatic heterocycles. The van der Waals surface area contributed by atoms with Crippen molar-refractivity contribution in [2.24, 2.45) is 0 Å². The maximum atomic E-state index is 12.2. The molecule has 7 heteroatoms. The molecule has 0 spiro atoms. The fourth-order valence-electron chi connectivity index (χ4n) is 3.18. The molecule has 0 saturated heterocycles. The van der Waals surface area contributed by atoms with E-state index in [1.165, 1.54) is 33.7 Å². The summed E-state index contributed by atoms with van der Waals surface area (Å²) >= 11 is 1.44. The fourth-order valence-corrected chi connectivity index (χ4v) is 4.33. The maximum Gasteiger partial charge on any atom is 0.348 e. The van der Waals surface area contributed by atoms with Crippen LogP contribution in [0.4, 0.5) is 5.69 Å². The minimum absolute atomic E-state index is 0.109. The molecule has 1 aromatic heterocycles. The molecule has 0 unspecified atom stereocenters. The molecule has 0 atom stereocenters. The van der Waals surface area contributed by atoms with Gasteiger partial charge in [0.25, 0.3) is 5.91 Å². The zero-order valence-corrected chi connectivity index (χ0v) is 16.9. The molecule has 0 radical (unpaired) electrons. The Labute approximate surface area is 168 Å². The average Bonchev–Trinajstić information content (AvgIpc) is 3.28. The quantitative estimate of drug-likeness (QED) is 0.725. The third-order valence-electron chi connectivity index (χ3n) is 4.75. The average molecular weight is 401 g/mol. The number of carbonyl (C=O) groups excluding carboxylic acids is 3. The molecular weight excluding hydrogens is 376 g/mol. The van der Waals surface area contributed by atoms with Gasteiger partial charge >= 0.3 is 5.97 Å². The van der Waals surface area contributed by atoms with E-state index in [2.05, 4.69) is 5.32 Å². The highest BCUT2D eigenvalue weighted by Crippen LogP contribution is 2.30. The molecule has 0 bridgehead atoms. The van der Waals surface area contributed by atoms with Crippen molar-refractivity contribution in [3.63, 3.8) is 0 Å². The number of nitrogens with zero attached hydrogens (tertiary/aromatic N) is 1. The smallest absolute Gasteiger partial charge is 0.348 e. The third kappa shape index (κ3) is 4.78. The van der Waals surface area contributed by atoms with E-state index in [1.54, 1.807) is 0 Å². The number of esters is 1. The van der Waals surface area contributed by atoms with Crippen molar-refractivity contribution in [1.82, 2.24) is 4.90 Å². The Hall–Kier alpha value is -2.67. The Bertz CT molecular complexity index is 869. The first-order valence-electron chi connectivity index (χ1n) is 9.38. The number of nitrogens with one attached hydrogen (secondary N) is 1. The van der Waals surface area contributed by atoms with Crippen molar-refractivity contribution >= 4 is 34.8 Å². The van der Waals surface area contributed by atoms with Crippen molar-refractivity contribution in [2.75, 3.05) is 25.5 Å². The summed E-state index contributed by atoms with van der Waals surface area (Å²) in [5.74, 6) is -1.20. The predicted octanol–water partition coefficient (Wildman–Crippen LogP) is 3.05. The lowest BCUT2D eigenvalue weighted by molar-refractivity contribution is -0.136. The summed E-state index contributed by atoms with van der Waals surface area (Å²) in [5.41, 5.74) is 2.99. The first kappa shape index (κ1) is 20.1. The molecule has 0 saturated carbocycles. The summed E-state index contributed by atoms with van der Waals surface area (Å²) in [6.45, 7) is 1.52. The molecular formula is C21H24N2O4S. The molecule has 3 rings (SSSR count). The number of fused-ring (bicyclic) bond motifs is 1. The van der Waals surface area contributed by atoms with E-state index in [4.69, 9.17) is 4.74 Å². The normalized spacial score (nSPS) is 12.4. The summed E-state index contributed by atoms with van der Waals surface area (Å²) in [5, 5.41) is 2.82. The van der Waals surface area contributed by atoms with Gasteiger partial charge in [-0.1, -0.05) is 25.1 Å². The zero-order valence-electron chi connectivity index (χ0n) is 16.1. The van der Waals surface area contributed by atoms with Crippen LogP contribution in [-0.2, 0) is 33.6 Å². The number of hydrogen-bond acceptors (Lipinski definition) is 5. The topological polar surface area (TPSA) is 75.7 Å². The van der Waals surface area contributed by atoms with E-state index in [9.17, 15) is 14.4 Å². The van der Waals surface area contributed by atoms with Crippen LogP contribution in [0.15, 0.2) is 30.3 Å². The van der Waals surface area contributed by atoms with Crippen LogP contribution in [0.25, 0.3) is 0 Å². The van der Waals surface area contributed by atoms with Crippen LogP contribution < -0.4 is 5.32 Å². The standard InChI is InChI=1S/C21H24N2O4S/c1-3-14-7-4-5-9-16(14)22-19(24)12-23(2)20(25)13-27-21(26)18-11-15-8-6-10-17(15)28-18/h4-5,7,9,11H,3,6,8,10,12-13H2,1-2H3,(H,22,24). The molecule has 2 aromatic rings. The van der Waals surface area contributed by atoms with Gasteiger partial charge in [-0.15, -0.1) is 11.3 Å². The number of benzene rings is 1.